The van der Waals surface area contributed by atoms with E-state index >= 15 is 0 Å². The van der Waals surface area contributed by atoms with Crippen molar-refractivity contribution in [3.63, 3.8) is 0 Å². The third kappa shape index (κ3) is 3.42. The largest absolute Gasteiger partial charge is 0.307 e. The van der Waals surface area contributed by atoms with Gasteiger partial charge in [0.15, 0.2) is 0 Å². The molecule has 0 heterocycles. The molecule has 106 valence electrons. The molecule has 0 bridgehead atoms. The van der Waals surface area contributed by atoms with Gasteiger partial charge in [0, 0.05) is 22.7 Å². The first-order valence-corrected chi connectivity index (χ1v) is 7.65. The van der Waals surface area contributed by atoms with Gasteiger partial charge >= 0.3 is 0 Å². The van der Waals surface area contributed by atoms with Crippen molar-refractivity contribution in [2.75, 3.05) is 0 Å². The van der Waals surface area contributed by atoms with Gasteiger partial charge in [-0.2, -0.15) is 0 Å². The second kappa shape index (κ2) is 6.43. The standard InChI is InChI=1S/C15H20Cl2FN/c1-9(11-5-3-4-6-11)19-10(2)14-12(16)7-8-13(18)15(14)17/h7-11,19H,3-6H2,1-2H3/t9-,10?/m1/s1. The van der Waals surface area contributed by atoms with Crippen LogP contribution in [0.5, 0.6) is 0 Å². The van der Waals surface area contributed by atoms with E-state index in [4.69, 9.17) is 23.2 Å². The number of hydrogen-bond donors (Lipinski definition) is 1. The lowest BCUT2D eigenvalue weighted by Gasteiger charge is -2.26. The summed E-state index contributed by atoms with van der Waals surface area (Å²) in [7, 11) is 0. The van der Waals surface area contributed by atoms with Crippen LogP contribution in [0.2, 0.25) is 10.0 Å². The van der Waals surface area contributed by atoms with Crippen LogP contribution < -0.4 is 5.32 Å². The Bertz CT molecular complexity index is 444. The minimum absolute atomic E-state index is 0.0497. The Labute approximate surface area is 124 Å². The normalized spacial score (nSPS) is 19.6. The van der Waals surface area contributed by atoms with Crippen LogP contribution >= 0.6 is 23.2 Å². The quantitative estimate of drug-likeness (QED) is 0.738. The molecule has 1 aliphatic rings. The molecular formula is C15H20Cl2FN. The second-order valence-electron chi connectivity index (χ2n) is 5.48. The van der Waals surface area contributed by atoms with Gasteiger partial charge in [-0.15, -0.1) is 0 Å². The molecule has 0 spiro atoms. The van der Waals surface area contributed by atoms with E-state index in [1.54, 1.807) is 6.07 Å². The minimum Gasteiger partial charge on any atom is -0.307 e. The molecule has 1 unspecified atom stereocenters. The summed E-state index contributed by atoms with van der Waals surface area (Å²) >= 11 is 12.2. The average Bonchev–Trinajstić information content (AvgIpc) is 2.88. The summed E-state index contributed by atoms with van der Waals surface area (Å²) in [5.41, 5.74) is 0.660. The van der Waals surface area contributed by atoms with Crippen molar-refractivity contribution in [3.8, 4) is 0 Å². The van der Waals surface area contributed by atoms with Gasteiger partial charge in [0.25, 0.3) is 0 Å². The third-order valence-corrected chi connectivity index (χ3v) is 4.85. The molecule has 0 amide bonds. The van der Waals surface area contributed by atoms with E-state index in [1.807, 2.05) is 6.92 Å². The lowest BCUT2D eigenvalue weighted by atomic mass is 9.97. The lowest BCUT2D eigenvalue weighted by molar-refractivity contribution is 0.352. The van der Waals surface area contributed by atoms with Gasteiger partial charge < -0.3 is 5.32 Å². The van der Waals surface area contributed by atoms with Crippen molar-refractivity contribution >= 4 is 23.2 Å². The molecule has 0 aliphatic heterocycles. The van der Waals surface area contributed by atoms with Crippen molar-refractivity contribution in [3.05, 3.63) is 33.6 Å². The summed E-state index contributed by atoms with van der Waals surface area (Å²) in [4.78, 5) is 0. The van der Waals surface area contributed by atoms with E-state index in [0.29, 0.717) is 22.5 Å². The fourth-order valence-corrected chi connectivity index (χ4v) is 3.71. The molecule has 4 heteroatoms. The van der Waals surface area contributed by atoms with Crippen LogP contribution in [0, 0.1) is 11.7 Å². The summed E-state index contributed by atoms with van der Waals surface area (Å²) in [6.45, 7) is 4.17. The summed E-state index contributed by atoms with van der Waals surface area (Å²) in [5, 5.41) is 4.16. The van der Waals surface area contributed by atoms with Crippen molar-refractivity contribution in [1.82, 2.24) is 5.32 Å². The zero-order valence-corrected chi connectivity index (χ0v) is 12.9. The van der Waals surface area contributed by atoms with E-state index in [2.05, 4.69) is 12.2 Å². The maximum Gasteiger partial charge on any atom is 0.142 e. The van der Waals surface area contributed by atoms with Crippen LogP contribution in [0.25, 0.3) is 0 Å². The van der Waals surface area contributed by atoms with Crippen LogP contribution in [-0.2, 0) is 0 Å². The fraction of sp³-hybridized carbons (Fsp3) is 0.600. The molecule has 1 aromatic carbocycles. The number of benzene rings is 1. The van der Waals surface area contributed by atoms with Crippen LogP contribution in [0.3, 0.4) is 0 Å². The topological polar surface area (TPSA) is 12.0 Å². The third-order valence-electron chi connectivity index (χ3n) is 4.13. The predicted molar refractivity (Wildman–Crippen MR) is 79.4 cm³/mol. The van der Waals surface area contributed by atoms with Crippen molar-refractivity contribution in [2.45, 2.75) is 51.6 Å². The van der Waals surface area contributed by atoms with Gasteiger partial charge in [-0.05, 0) is 44.7 Å². The van der Waals surface area contributed by atoms with E-state index in [9.17, 15) is 4.39 Å². The summed E-state index contributed by atoms with van der Waals surface area (Å²) in [6, 6.07) is 3.22. The Balaban J connectivity index is 2.11. The number of hydrogen-bond acceptors (Lipinski definition) is 1. The highest BCUT2D eigenvalue weighted by Gasteiger charge is 2.24. The number of nitrogens with one attached hydrogen (secondary N) is 1. The summed E-state index contributed by atoms with van der Waals surface area (Å²) in [6.07, 6.45) is 5.16. The monoisotopic (exact) mass is 303 g/mol. The van der Waals surface area contributed by atoms with E-state index in [0.717, 1.165) is 0 Å². The minimum atomic E-state index is -0.414. The average molecular weight is 304 g/mol. The van der Waals surface area contributed by atoms with Gasteiger partial charge in [-0.1, -0.05) is 36.0 Å². The molecule has 0 radical (unpaired) electrons. The lowest BCUT2D eigenvalue weighted by Crippen LogP contribution is -2.34. The van der Waals surface area contributed by atoms with E-state index in [1.165, 1.54) is 31.7 Å². The zero-order valence-electron chi connectivity index (χ0n) is 11.3. The van der Waals surface area contributed by atoms with Crippen molar-refractivity contribution < 1.29 is 4.39 Å². The van der Waals surface area contributed by atoms with Crippen LogP contribution in [0.15, 0.2) is 12.1 Å². The first-order valence-electron chi connectivity index (χ1n) is 6.90. The first-order chi connectivity index (χ1) is 9.00. The molecule has 1 N–H and O–H groups in total. The number of halogens is 3. The molecule has 0 aromatic heterocycles. The maximum atomic E-state index is 13.5. The predicted octanol–water partition coefficient (Wildman–Crippen LogP) is 5.36. The number of rotatable bonds is 4. The van der Waals surface area contributed by atoms with Crippen molar-refractivity contribution in [1.29, 1.82) is 0 Å². The smallest absolute Gasteiger partial charge is 0.142 e. The fourth-order valence-electron chi connectivity index (χ4n) is 3.01. The van der Waals surface area contributed by atoms with Crippen LogP contribution in [0.4, 0.5) is 4.39 Å². The highest BCUT2D eigenvalue weighted by molar-refractivity contribution is 6.36. The summed E-state index contributed by atoms with van der Waals surface area (Å²) in [5.74, 6) is 0.289. The second-order valence-corrected chi connectivity index (χ2v) is 6.26. The Kier molecular flexibility index (Phi) is 5.10. The Morgan fingerprint density at radius 2 is 1.84 bits per heavy atom. The molecule has 1 nitrogen and oxygen atoms in total. The Hall–Kier alpha value is -0.310. The van der Waals surface area contributed by atoms with Crippen molar-refractivity contribution in [2.24, 2.45) is 5.92 Å². The zero-order chi connectivity index (χ0) is 14.0. The first kappa shape index (κ1) is 15.1. The van der Waals surface area contributed by atoms with E-state index in [-0.39, 0.29) is 11.1 Å². The molecule has 1 saturated carbocycles. The van der Waals surface area contributed by atoms with Crippen LogP contribution in [0.1, 0.15) is 51.1 Å². The Morgan fingerprint density at radius 1 is 1.21 bits per heavy atom. The van der Waals surface area contributed by atoms with Gasteiger partial charge in [-0.3, -0.25) is 0 Å². The highest BCUT2D eigenvalue weighted by Crippen LogP contribution is 2.34. The van der Waals surface area contributed by atoms with Gasteiger partial charge in [0.05, 0.1) is 5.02 Å². The highest BCUT2D eigenvalue weighted by atomic mass is 35.5. The molecular weight excluding hydrogens is 284 g/mol. The van der Waals surface area contributed by atoms with Gasteiger partial charge in [-0.25, -0.2) is 4.39 Å². The molecule has 0 saturated heterocycles. The molecule has 1 fully saturated rings. The molecule has 2 atom stereocenters. The molecule has 1 aliphatic carbocycles. The van der Waals surface area contributed by atoms with Gasteiger partial charge in [0.1, 0.15) is 5.82 Å². The van der Waals surface area contributed by atoms with Gasteiger partial charge in [0.2, 0.25) is 0 Å². The maximum absolute atomic E-state index is 13.5. The van der Waals surface area contributed by atoms with E-state index < -0.39 is 5.82 Å². The Morgan fingerprint density at radius 3 is 2.47 bits per heavy atom. The summed E-state index contributed by atoms with van der Waals surface area (Å²) < 4.78 is 13.5. The SMILES string of the molecule is CC(N[C@H](C)C1CCCC1)c1c(Cl)ccc(F)c1Cl. The molecule has 2 rings (SSSR count). The van der Waals surface area contributed by atoms with Crippen LogP contribution in [-0.4, -0.2) is 6.04 Å². The molecule has 1 aromatic rings. The molecule has 19 heavy (non-hydrogen) atoms.